The fourth-order valence-electron chi connectivity index (χ4n) is 2.04. The van der Waals surface area contributed by atoms with E-state index in [0.717, 1.165) is 0 Å². The summed E-state index contributed by atoms with van der Waals surface area (Å²) in [6.07, 6.45) is 8.21. The number of hydrogen-bond acceptors (Lipinski definition) is 1. The molecule has 0 saturated carbocycles. The molecule has 1 aliphatic rings. The Bertz CT molecular complexity index is 279. The summed E-state index contributed by atoms with van der Waals surface area (Å²) >= 11 is 0. The van der Waals surface area contributed by atoms with E-state index >= 15 is 0 Å². The summed E-state index contributed by atoms with van der Waals surface area (Å²) in [4.78, 5) is 4.40. The minimum atomic E-state index is 1.20. The summed E-state index contributed by atoms with van der Waals surface area (Å²) in [5, 5.41) is 0. The van der Waals surface area contributed by atoms with Crippen molar-refractivity contribution in [3.05, 3.63) is 29.1 Å². The van der Waals surface area contributed by atoms with E-state index in [-0.39, 0.29) is 0 Å². The molecule has 0 bridgehead atoms. The average molecular weight is 191 g/mol. The van der Waals surface area contributed by atoms with Crippen LogP contribution >= 0.6 is 0 Å². The Morgan fingerprint density at radius 1 is 1.29 bits per heavy atom. The second kappa shape index (κ2) is 5.79. The fourth-order valence-corrected chi connectivity index (χ4v) is 2.04. The predicted octanol–water partition coefficient (Wildman–Crippen LogP) is 3.55. The Morgan fingerprint density at radius 3 is 2.79 bits per heavy atom. The molecule has 1 aromatic rings. The highest BCUT2D eigenvalue weighted by Crippen LogP contribution is 2.23. The van der Waals surface area contributed by atoms with Crippen LogP contribution in [0.15, 0.2) is 12.3 Å². The molecule has 0 N–H and O–H groups in total. The van der Waals surface area contributed by atoms with Gasteiger partial charge >= 0.3 is 0 Å². The van der Waals surface area contributed by atoms with Crippen LogP contribution in [0.3, 0.4) is 0 Å². The van der Waals surface area contributed by atoms with Crippen LogP contribution in [0.2, 0.25) is 0 Å². The van der Waals surface area contributed by atoms with Gasteiger partial charge in [-0.2, -0.15) is 0 Å². The van der Waals surface area contributed by atoms with E-state index in [2.05, 4.69) is 18.0 Å². The van der Waals surface area contributed by atoms with Gasteiger partial charge in [-0.3, -0.25) is 4.98 Å². The van der Waals surface area contributed by atoms with Crippen molar-refractivity contribution in [1.29, 1.82) is 0 Å². The molecule has 14 heavy (non-hydrogen) atoms. The molecule has 1 heteroatoms. The lowest BCUT2D eigenvalue weighted by Gasteiger charge is -2.05. The van der Waals surface area contributed by atoms with Gasteiger partial charge in [-0.1, -0.05) is 27.2 Å². The van der Waals surface area contributed by atoms with Crippen LogP contribution in [0, 0.1) is 0 Å². The van der Waals surface area contributed by atoms with Gasteiger partial charge in [0.1, 0.15) is 0 Å². The lowest BCUT2D eigenvalue weighted by molar-refractivity contribution is 0.880. The second-order valence-corrected chi connectivity index (χ2v) is 3.50. The van der Waals surface area contributed by atoms with Crippen LogP contribution in [0.1, 0.15) is 50.4 Å². The molecule has 0 saturated heterocycles. The summed E-state index contributed by atoms with van der Waals surface area (Å²) in [6, 6.07) is 2.19. The van der Waals surface area contributed by atoms with Gasteiger partial charge in [0.2, 0.25) is 0 Å². The predicted molar refractivity (Wildman–Crippen MR) is 61.6 cm³/mol. The van der Waals surface area contributed by atoms with Crippen molar-refractivity contribution in [2.24, 2.45) is 0 Å². The Balaban J connectivity index is 0.000000461. The van der Waals surface area contributed by atoms with E-state index in [0.29, 0.717) is 0 Å². The van der Waals surface area contributed by atoms with Gasteiger partial charge in [0, 0.05) is 11.9 Å². The van der Waals surface area contributed by atoms with Crippen LogP contribution in [0.4, 0.5) is 0 Å². The first-order chi connectivity index (χ1) is 6.92. The molecule has 78 valence electrons. The van der Waals surface area contributed by atoms with E-state index in [1.165, 1.54) is 37.8 Å². The standard InChI is InChI=1S/C11H15N.C2H6/c1-2-4-9-7-8-12-11-6-3-5-10(9)11;1-2/h7-8H,2-6H2,1H3;1-2H3. The highest BCUT2D eigenvalue weighted by Gasteiger charge is 2.14. The largest absolute Gasteiger partial charge is 0.261 e. The van der Waals surface area contributed by atoms with Gasteiger partial charge < -0.3 is 0 Å². The molecule has 0 aromatic carbocycles. The number of hydrogen-bond donors (Lipinski definition) is 0. The third-order valence-electron chi connectivity index (χ3n) is 2.60. The Labute approximate surface area is 87.6 Å². The fraction of sp³-hybridized carbons (Fsp3) is 0.615. The zero-order chi connectivity index (χ0) is 10.4. The van der Waals surface area contributed by atoms with Crippen molar-refractivity contribution in [2.45, 2.75) is 52.9 Å². The zero-order valence-corrected chi connectivity index (χ0v) is 9.64. The molecular weight excluding hydrogens is 170 g/mol. The smallest absolute Gasteiger partial charge is 0.0438 e. The van der Waals surface area contributed by atoms with E-state index in [9.17, 15) is 0 Å². The van der Waals surface area contributed by atoms with Gasteiger partial charge in [-0.15, -0.1) is 0 Å². The topological polar surface area (TPSA) is 12.9 Å². The molecule has 0 unspecified atom stereocenters. The first-order valence-electron chi connectivity index (χ1n) is 5.87. The van der Waals surface area contributed by atoms with Crippen molar-refractivity contribution >= 4 is 0 Å². The minimum Gasteiger partial charge on any atom is -0.261 e. The lowest BCUT2D eigenvalue weighted by Crippen LogP contribution is -1.94. The first-order valence-corrected chi connectivity index (χ1v) is 5.87. The molecule has 0 fully saturated rings. The van der Waals surface area contributed by atoms with Gasteiger partial charge in [-0.05, 0) is 42.9 Å². The molecule has 0 spiro atoms. The third kappa shape index (κ3) is 2.34. The summed E-state index contributed by atoms with van der Waals surface area (Å²) < 4.78 is 0. The molecule has 0 atom stereocenters. The normalized spacial score (nSPS) is 13.1. The molecule has 1 nitrogen and oxygen atoms in total. The molecule has 0 aliphatic heterocycles. The zero-order valence-electron chi connectivity index (χ0n) is 9.64. The van der Waals surface area contributed by atoms with Crippen molar-refractivity contribution in [3.8, 4) is 0 Å². The summed E-state index contributed by atoms with van der Waals surface area (Å²) in [6.45, 7) is 6.24. The Hall–Kier alpha value is -0.850. The minimum absolute atomic E-state index is 1.20. The van der Waals surface area contributed by atoms with Crippen LogP contribution < -0.4 is 0 Å². The molecule has 1 heterocycles. The number of aromatic nitrogens is 1. The van der Waals surface area contributed by atoms with Gasteiger partial charge in [-0.25, -0.2) is 0 Å². The maximum atomic E-state index is 4.40. The SMILES string of the molecule is CC.CCCc1ccnc2c1CCC2. The number of fused-ring (bicyclic) bond motifs is 1. The van der Waals surface area contributed by atoms with Gasteiger partial charge in [0.25, 0.3) is 0 Å². The third-order valence-corrected chi connectivity index (χ3v) is 2.60. The highest BCUT2D eigenvalue weighted by atomic mass is 14.7. The second-order valence-electron chi connectivity index (χ2n) is 3.50. The lowest BCUT2D eigenvalue weighted by atomic mass is 10.0. The maximum absolute atomic E-state index is 4.40. The van der Waals surface area contributed by atoms with Crippen molar-refractivity contribution in [1.82, 2.24) is 4.98 Å². The quantitative estimate of drug-likeness (QED) is 0.696. The van der Waals surface area contributed by atoms with Crippen LogP contribution in [-0.4, -0.2) is 4.98 Å². The van der Waals surface area contributed by atoms with Gasteiger partial charge in [0.15, 0.2) is 0 Å². The summed E-state index contributed by atoms with van der Waals surface area (Å²) in [5.41, 5.74) is 4.46. The average Bonchev–Trinajstić information content (AvgIpc) is 2.70. The molecule has 1 aliphatic carbocycles. The monoisotopic (exact) mass is 191 g/mol. The molecule has 0 amide bonds. The van der Waals surface area contributed by atoms with E-state index in [1.54, 1.807) is 11.1 Å². The maximum Gasteiger partial charge on any atom is 0.0438 e. The number of rotatable bonds is 2. The highest BCUT2D eigenvalue weighted by molar-refractivity contribution is 5.33. The number of aryl methyl sites for hydroxylation is 2. The molecular formula is C13H21N. The first kappa shape index (κ1) is 11.2. The van der Waals surface area contributed by atoms with E-state index < -0.39 is 0 Å². The van der Waals surface area contributed by atoms with Gasteiger partial charge in [0.05, 0.1) is 0 Å². The van der Waals surface area contributed by atoms with Crippen molar-refractivity contribution < 1.29 is 0 Å². The summed E-state index contributed by atoms with van der Waals surface area (Å²) in [5.74, 6) is 0. The van der Waals surface area contributed by atoms with E-state index in [1.807, 2.05) is 20.0 Å². The van der Waals surface area contributed by atoms with Crippen molar-refractivity contribution in [2.75, 3.05) is 0 Å². The number of nitrogens with zero attached hydrogens (tertiary/aromatic N) is 1. The van der Waals surface area contributed by atoms with Crippen molar-refractivity contribution in [3.63, 3.8) is 0 Å². The molecule has 2 rings (SSSR count). The molecule has 0 radical (unpaired) electrons. The van der Waals surface area contributed by atoms with Crippen LogP contribution in [0.25, 0.3) is 0 Å². The van der Waals surface area contributed by atoms with Crippen LogP contribution in [-0.2, 0) is 19.3 Å². The van der Waals surface area contributed by atoms with E-state index in [4.69, 9.17) is 0 Å². The summed E-state index contributed by atoms with van der Waals surface area (Å²) in [7, 11) is 0. The molecule has 1 aromatic heterocycles. The Kier molecular flexibility index (Phi) is 4.64. The Morgan fingerprint density at radius 2 is 2.07 bits per heavy atom. The number of pyridine rings is 1. The van der Waals surface area contributed by atoms with Crippen LogP contribution in [0.5, 0.6) is 0 Å².